The first-order valence-electron chi connectivity index (χ1n) is 7.43. The monoisotopic (exact) mass is 315 g/mol. The molecule has 0 aliphatic rings. The van der Waals surface area contributed by atoms with Gasteiger partial charge in [0.1, 0.15) is 5.69 Å². The Kier molecular flexibility index (Phi) is 5.51. The molecule has 2 atom stereocenters. The summed E-state index contributed by atoms with van der Waals surface area (Å²) in [5, 5.41) is 6.83. The van der Waals surface area contributed by atoms with Crippen LogP contribution in [0.1, 0.15) is 23.0 Å². The summed E-state index contributed by atoms with van der Waals surface area (Å²) >= 11 is 0. The van der Waals surface area contributed by atoms with Gasteiger partial charge in [0.2, 0.25) is 0 Å². The zero-order valence-corrected chi connectivity index (χ0v) is 13.5. The van der Waals surface area contributed by atoms with Crippen LogP contribution >= 0.6 is 0 Å². The van der Waals surface area contributed by atoms with E-state index >= 15 is 0 Å². The molecule has 0 aliphatic carbocycles. The summed E-state index contributed by atoms with van der Waals surface area (Å²) in [7, 11) is 3.05. The lowest BCUT2D eigenvalue weighted by Crippen LogP contribution is -2.43. The number of amides is 1. The van der Waals surface area contributed by atoms with Crippen molar-refractivity contribution in [2.75, 3.05) is 7.11 Å². The highest BCUT2D eigenvalue weighted by atomic mass is 16.5. The minimum Gasteiger partial charge on any atom is -0.469 e. The molecule has 23 heavy (non-hydrogen) atoms. The second-order valence-corrected chi connectivity index (χ2v) is 5.42. The van der Waals surface area contributed by atoms with Gasteiger partial charge in [0.25, 0.3) is 5.91 Å². The van der Waals surface area contributed by atoms with E-state index in [0.29, 0.717) is 12.1 Å². The maximum absolute atomic E-state index is 12.3. The van der Waals surface area contributed by atoms with Gasteiger partial charge in [-0.2, -0.15) is 5.10 Å². The van der Waals surface area contributed by atoms with Crippen LogP contribution in [0, 0.1) is 5.92 Å². The Morgan fingerprint density at radius 2 is 1.96 bits per heavy atom. The topological polar surface area (TPSA) is 73.2 Å². The SMILES string of the molecule is COC(=O)[C@H](Cc1ccccc1)[C@@H](C)NC(=O)c1ccnn1C. The van der Waals surface area contributed by atoms with E-state index in [1.807, 2.05) is 30.3 Å². The molecule has 6 heteroatoms. The van der Waals surface area contributed by atoms with Crippen LogP contribution in [0.4, 0.5) is 0 Å². The van der Waals surface area contributed by atoms with Gasteiger partial charge in [-0.05, 0) is 25.0 Å². The molecule has 122 valence electrons. The Labute approximate surface area is 135 Å². The third kappa shape index (κ3) is 4.18. The molecule has 0 aliphatic heterocycles. The van der Waals surface area contributed by atoms with Gasteiger partial charge >= 0.3 is 5.97 Å². The third-order valence-corrected chi connectivity index (χ3v) is 3.82. The zero-order chi connectivity index (χ0) is 16.8. The normalized spacial score (nSPS) is 13.2. The first-order valence-corrected chi connectivity index (χ1v) is 7.43. The molecule has 1 N–H and O–H groups in total. The largest absolute Gasteiger partial charge is 0.469 e. The smallest absolute Gasteiger partial charge is 0.311 e. The number of rotatable bonds is 6. The average molecular weight is 315 g/mol. The van der Waals surface area contributed by atoms with E-state index in [0.717, 1.165) is 5.56 Å². The second kappa shape index (κ2) is 7.58. The van der Waals surface area contributed by atoms with E-state index in [4.69, 9.17) is 4.74 Å². The van der Waals surface area contributed by atoms with E-state index in [1.165, 1.54) is 11.8 Å². The van der Waals surface area contributed by atoms with Crippen molar-refractivity contribution in [3.8, 4) is 0 Å². The zero-order valence-electron chi connectivity index (χ0n) is 13.5. The lowest BCUT2D eigenvalue weighted by molar-refractivity contribution is -0.146. The molecule has 0 spiro atoms. The highest BCUT2D eigenvalue weighted by Gasteiger charge is 2.28. The van der Waals surface area contributed by atoms with E-state index < -0.39 is 5.92 Å². The Morgan fingerprint density at radius 3 is 2.52 bits per heavy atom. The number of esters is 1. The predicted octanol–water partition coefficient (Wildman–Crippen LogP) is 1.57. The number of nitrogens with zero attached hydrogens (tertiary/aromatic N) is 2. The Hall–Kier alpha value is -2.63. The maximum Gasteiger partial charge on any atom is 0.311 e. The van der Waals surface area contributed by atoms with E-state index in [-0.39, 0.29) is 17.9 Å². The molecule has 1 aromatic heterocycles. The Morgan fingerprint density at radius 1 is 1.26 bits per heavy atom. The van der Waals surface area contributed by atoms with Crippen LogP contribution in [0.3, 0.4) is 0 Å². The van der Waals surface area contributed by atoms with Crippen LogP contribution in [0.25, 0.3) is 0 Å². The van der Waals surface area contributed by atoms with Crippen molar-refractivity contribution in [3.05, 3.63) is 53.9 Å². The molecular weight excluding hydrogens is 294 g/mol. The molecule has 0 saturated heterocycles. The van der Waals surface area contributed by atoms with Gasteiger partial charge in [-0.25, -0.2) is 0 Å². The minimum atomic E-state index is -0.459. The van der Waals surface area contributed by atoms with Gasteiger partial charge in [0, 0.05) is 19.3 Å². The lowest BCUT2D eigenvalue weighted by Gasteiger charge is -2.23. The fourth-order valence-electron chi connectivity index (χ4n) is 2.46. The first kappa shape index (κ1) is 16.7. The number of aryl methyl sites for hydroxylation is 1. The maximum atomic E-state index is 12.3. The van der Waals surface area contributed by atoms with Crippen LogP contribution < -0.4 is 5.32 Å². The van der Waals surface area contributed by atoms with Crippen molar-refractivity contribution in [1.82, 2.24) is 15.1 Å². The number of carbonyl (C=O) groups excluding carboxylic acids is 2. The van der Waals surface area contributed by atoms with Crippen molar-refractivity contribution >= 4 is 11.9 Å². The summed E-state index contributed by atoms with van der Waals surface area (Å²) in [4.78, 5) is 24.4. The van der Waals surface area contributed by atoms with Gasteiger partial charge in [0.15, 0.2) is 0 Å². The van der Waals surface area contributed by atoms with E-state index in [2.05, 4.69) is 10.4 Å². The quantitative estimate of drug-likeness (QED) is 0.821. The summed E-state index contributed by atoms with van der Waals surface area (Å²) in [5.41, 5.74) is 1.46. The average Bonchev–Trinajstić information content (AvgIpc) is 2.99. The standard InChI is InChI=1S/C17H21N3O3/c1-12(19-16(21)15-9-10-18-20(15)2)14(17(22)23-3)11-13-7-5-4-6-8-13/h4-10,12,14H,11H2,1-3H3,(H,19,21)/t12-,14-/m1/s1. The Balaban J connectivity index is 2.10. The van der Waals surface area contributed by atoms with Gasteiger partial charge in [-0.1, -0.05) is 30.3 Å². The molecule has 6 nitrogen and oxygen atoms in total. The molecular formula is C17H21N3O3. The molecule has 0 fully saturated rings. The number of nitrogens with one attached hydrogen (secondary N) is 1. The Bertz CT molecular complexity index is 667. The fraction of sp³-hybridized carbons (Fsp3) is 0.353. The second-order valence-electron chi connectivity index (χ2n) is 5.42. The summed E-state index contributed by atoms with van der Waals surface area (Å²) in [6.45, 7) is 1.80. The first-order chi connectivity index (χ1) is 11.0. The summed E-state index contributed by atoms with van der Waals surface area (Å²) < 4.78 is 6.39. The van der Waals surface area contributed by atoms with Gasteiger partial charge in [-0.15, -0.1) is 0 Å². The number of methoxy groups -OCH3 is 1. The number of hydrogen-bond acceptors (Lipinski definition) is 4. The minimum absolute atomic E-state index is 0.264. The van der Waals surface area contributed by atoms with Crippen molar-refractivity contribution in [2.45, 2.75) is 19.4 Å². The number of aromatic nitrogens is 2. The highest BCUT2D eigenvalue weighted by molar-refractivity contribution is 5.93. The lowest BCUT2D eigenvalue weighted by atomic mass is 9.93. The van der Waals surface area contributed by atoms with Crippen molar-refractivity contribution in [1.29, 1.82) is 0 Å². The molecule has 0 unspecified atom stereocenters. The van der Waals surface area contributed by atoms with Gasteiger partial charge in [0.05, 0.1) is 13.0 Å². The molecule has 0 saturated carbocycles. The molecule has 1 amide bonds. The number of carbonyl (C=O) groups is 2. The van der Waals surface area contributed by atoms with E-state index in [9.17, 15) is 9.59 Å². The van der Waals surface area contributed by atoms with Crippen molar-refractivity contribution in [2.24, 2.45) is 13.0 Å². The molecule has 2 aromatic rings. The summed E-state index contributed by atoms with van der Waals surface area (Å²) in [6, 6.07) is 10.9. The summed E-state index contributed by atoms with van der Waals surface area (Å²) in [6.07, 6.45) is 2.06. The molecule has 0 bridgehead atoms. The number of ether oxygens (including phenoxy) is 1. The molecule has 1 aromatic carbocycles. The summed E-state index contributed by atoms with van der Waals surface area (Å²) in [5.74, 6) is -1.06. The fourth-order valence-corrected chi connectivity index (χ4v) is 2.46. The third-order valence-electron chi connectivity index (χ3n) is 3.82. The van der Waals surface area contributed by atoms with Crippen LogP contribution in [0.5, 0.6) is 0 Å². The van der Waals surface area contributed by atoms with Crippen LogP contribution in [-0.2, 0) is 23.0 Å². The van der Waals surface area contributed by atoms with Crippen LogP contribution in [-0.4, -0.2) is 34.8 Å². The van der Waals surface area contributed by atoms with Crippen molar-refractivity contribution < 1.29 is 14.3 Å². The van der Waals surface area contributed by atoms with Crippen LogP contribution in [0.2, 0.25) is 0 Å². The highest BCUT2D eigenvalue weighted by Crippen LogP contribution is 2.15. The van der Waals surface area contributed by atoms with Gasteiger partial charge < -0.3 is 10.1 Å². The molecule has 2 rings (SSSR count). The number of benzene rings is 1. The van der Waals surface area contributed by atoms with E-state index in [1.54, 1.807) is 26.2 Å². The predicted molar refractivity (Wildman–Crippen MR) is 85.8 cm³/mol. The molecule has 1 heterocycles. The molecule has 0 radical (unpaired) electrons. The van der Waals surface area contributed by atoms with Crippen molar-refractivity contribution in [3.63, 3.8) is 0 Å². The van der Waals surface area contributed by atoms with Crippen LogP contribution in [0.15, 0.2) is 42.6 Å². The number of hydrogen-bond donors (Lipinski definition) is 1. The van der Waals surface area contributed by atoms with Gasteiger partial charge in [-0.3, -0.25) is 14.3 Å².